The number of nitrogens with zero attached hydrogens (tertiary/aromatic N) is 1. The molecule has 0 radical (unpaired) electrons. The second-order valence-corrected chi connectivity index (χ2v) is 7.62. The Morgan fingerprint density at radius 2 is 1.97 bits per heavy atom. The van der Waals surface area contributed by atoms with Crippen LogP contribution in [0.1, 0.15) is 29.9 Å². The highest BCUT2D eigenvalue weighted by molar-refractivity contribution is 6.51. The molecule has 0 spiro atoms. The number of furan rings is 1. The maximum atomic E-state index is 13.9. The molecule has 1 N–H and O–H groups in total. The van der Waals surface area contributed by atoms with Gasteiger partial charge in [-0.1, -0.05) is 6.07 Å². The van der Waals surface area contributed by atoms with Gasteiger partial charge in [-0.25, -0.2) is 4.39 Å². The molecule has 2 aliphatic rings. The van der Waals surface area contributed by atoms with E-state index in [0.29, 0.717) is 12.0 Å². The highest BCUT2D eigenvalue weighted by Crippen LogP contribution is 2.43. The maximum absolute atomic E-state index is 13.9. The van der Waals surface area contributed by atoms with Crippen molar-refractivity contribution in [1.82, 2.24) is 0 Å². The number of aliphatic hydroxyl groups excluding tert-OH is 1. The van der Waals surface area contributed by atoms with Crippen LogP contribution in [0.5, 0.6) is 5.75 Å². The van der Waals surface area contributed by atoms with Gasteiger partial charge in [0.15, 0.2) is 0 Å². The minimum atomic E-state index is -1.03. The number of rotatable bonds is 3. The van der Waals surface area contributed by atoms with Crippen molar-refractivity contribution < 1.29 is 28.2 Å². The number of aliphatic hydroxyl groups is 1. The number of halogens is 1. The van der Waals surface area contributed by atoms with Gasteiger partial charge in [-0.05, 0) is 61.0 Å². The average molecular weight is 419 g/mol. The fraction of sp³-hybridized carbons (Fsp3) is 0.167. The summed E-state index contributed by atoms with van der Waals surface area (Å²) in [5.41, 5.74) is 1.38. The third-order valence-corrected chi connectivity index (χ3v) is 5.51. The Bertz CT molecular complexity index is 1230. The number of hydrogen-bond acceptors (Lipinski definition) is 5. The van der Waals surface area contributed by atoms with Crippen molar-refractivity contribution in [3.05, 3.63) is 89.1 Å². The van der Waals surface area contributed by atoms with Crippen LogP contribution in [-0.4, -0.2) is 22.9 Å². The monoisotopic (exact) mass is 419 g/mol. The zero-order chi connectivity index (χ0) is 21.7. The number of carbonyl (C=O) groups excluding carboxylic acids is 2. The molecule has 1 fully saturated rings. The summed E-state index contributed by atoms with van der Waals surface area (Å²) in [5.74, 6) is -1.60. The van der Waals surface area contributed by atoms with Gasteiger partial charge in [0, 0.05) is 17.7 Å². The molecule has 0 bridgehead atoms. The summed E-state index contributed by atoms with van der Waals surface area (Å²) in [5, 5.41) is 11.1. The number of carbonyl (C=O) groups is 2. The predicted molar refractivity (Wildman–Crippen MR) is 110 cm³/mol. The molecule has 156 valence electrons. The first-order chi connectivity index (χ1) is 14.9. The van der Waals surface area contributed by atoms with E-state index in [2.05, 4.69) is 0 Å². The molecular formula is C24H18FNO5. The molecule has 5 rings (SSSR count). The van der Waals surface area contributed by atoms with Gasteiger partial charge in [-0.2, -0.15) is 0 Å². The summed E-state index contributed by atoms with van der Waals surface area (Å²) in [7, 11) is 0. The molecule has 6 nitrogen and oxygen atoms in total. The van der Waals surface area contributed by atoms with Gasteiger partial charge in [-0.3, -0.25) is 14.5 Å². The topological polar surface area (TPSA) is 80.0 Å². The Morgan fingerprint density at radius 1 is 1.13 bits per heavy atom. The lowest BCUT2D eigenvalue weighted by Gasteiger charge is -2.23. The number of amides is 1. The van der Waals surface area contributed by atoms with E-state index in [0.717, 1.165) is 22.3 Å². The molecule has 2 unspecified atom stereocenters. The van der Waals surface area contributed by atoms with E-state index >= 15 is 0 Å². The Hall–Kier alpha value is -3.87. The van der Waals surface area contributed by atoms with Gasteiger partial charge in [0.1, 0.15) is 35.2 Å². The summed E-state index contributed by atoms with van der Waals surface area (Å²) in [4.78, 5) is 27.1. The van der Waals surface area contributed by atoms with Gasteiger partial charge >= 0.3 is 0 Å². The van der Waals surface area contributed by atoms with Gasteiger partial charge in [0.25, 0.3) is 11.7 Å². The van der Waals surface area contributed by atoms with Gasteiger partial charge in [-0.15, -0.1) is 0 Å². The molecule has 1 amide bonds. The quantitative estimate of drug-likeness (QED) is 0.387. The van der Waals surface area contributed by atoms with Crippen molar-refractivity contribution in [3.63, 3.8) is 0 Å². The lowest BCUT2D eigenvalue weighted by atomic mass is 9.97. The summed E-state index contributed by atoms with van der Waals surface area (Å²) in [6.07, 6.45) is 2.11. The zero-order valence-electron chi connectivity index (χ0n) is 16.5. The third kappa shape index (κ3) is 3.09. The maximum Gasteiger partial charge on any atom is 0.300 e. The highest BCUT2D eigenvalue weighted by Gasteiger charge is 2.48. The first-order valence-corrected chi connectivity index (χ1v) is 9.84. The predicted octanol–water partition coefficient (Wildman–Crippen LogP) is 4.37. The van der Waals surface area contributed by atoms with Gasteiger partial charge < -0.3 is 14.3 Å². The molecule has 0 aliphatic carbocycles. The van der Waals surface area contributed by atoms with E-state index in [-0.39, 0.29) is 28.9 Å². The van der Waals surface area contributed by atoms with Crippen LogP contribution in [0.25, 0.3) is 5.76 Å². The number of benzene rings is 2. The molecule has 2 aromatic carbocycles. The summed E-state index contributed by atoms with van der Waals surface area (Å²) >= 11 is 0. The lowest BCUT2D eigenvalue weighted by molar-refractivity contribution is -0.132. The molecule has 2 atom stereocenters. The number of ketones is 1. The molecule has 2 aliphatic heterocycles. The summed E-state index contributed by atoms with van der Waals surface area (Å²) < 4.78 is 25.1. The third-order valence-electron chi connectivity index (χ3n) is 5.51. The van der Waals surface area contributed by atoms with Crippen LogP contribution in [0, 0.1) is 5.82 Å². The molecule has 3 aromatic rings. The van der Waals surface area contributed by atoms with Crippen molar-refractivity contribution in [2.45, 2.75) is 25.5 Å². The largest absolute Gasteiger partial charge is 0.507 e. The standard InChI is InChI=1S/C24H18FNO5/c1-13-10-15-11-14(7-8-18(15)31-13)22(27)20-21(19-6-3-9-30-19)26(24(29)23(20)28)17-5-2-4-16(25)12-17/h2-9,11-13,21,27H,10H2,1H3/b22-20-. The molecule has 31 heavy (non-hydrogen) atoms. The number of fused-ring (bicyclic) bond motifs is 1. The van der Waals surface area contributed by atoms with Crippen LogP contribution in [0.3, 0.4) is 0 Å². The fourth-order valence-electron chi connectivity index (χ4n) is 4.17. The van der Waals surface area contributed by atoms with Crippen LogP contribution in [-0.2, 0) is 16.0 Å². The minimum Gasteiger partial charge on any atom is -0.507 e. The Balaban J connectivity index is 1.67. The smallest absolute Gasteiger partial charge is 0.300 e. The first-order valence-electron chi connectivity index (χ1n) is 9.84. The van der Waals surface area contributed by atoms with Crippen LogP contribution < -0.4 is 9.64 Å². The van der Waals surface area contributed by atoms with E-state index in [1.54, 1.807) is 30.3 Å². The average Bonchev–Trinajstić information content (AvgIpc) is 3.45. The van der Waals surface area contributed by atoms with E-state index in [1.165, 1.54) is 24.5 Å². The molecule has 1 aromatic heterocycles. The highest BCUT2D eigenvalue weighted by atomic mass is 19.1. The van der Waals surface area contributed by atoms with Crippen LogP contribution >= 0.6 is 0 Å². The van der Waals surface area contributed by atoms with Crippen molar-refractivity contribution in [2.75, 3.05) is 4.90 Å². The normalized spacial score (nSPS) is 21.9. The van der Waals surface area contributed by atoms with E-state index in [9.17, 15) is 19.1 Å². The van der Waals surface area contributed by atoms with Crippen LogP contribution in [0.4, 0.5) is 10.1 Å². The summed E-state index contributed by atoms with van der Waals surface area (Å²) in [6.45, 7) is 1.95. The molecule has 3 heterocycles. The Kier molecular flexibility index (Phi) is 4.39. The molecule has 7 heteroatoms. The fourth-order valence-corrected chi connectivity index (χ4v) is 4.17. The SMILES string of the molecule is CC1Cc2cc(/C(O)=C3/C(=O)C(=O)N(c4cccc(F)c4)C3c3ccco3)ccc2O1. The summed E-state index contributed by atoms with van der Waals surface area (Å²) in [6, 6.07) is 12.7. The number of anilines is 1. The van der Waals surface area contributed by atoms with Crippen LogP contribution in [0.15, 0.2) is 70.9 Å². The minimum absolute atomic E-state index is 0.0223. The van der Waals surface area contributed by atoms with Crippen molar-refractivity contribution in [2.24, 2.45) is 0 Å². The lowest BCUT2D eigenvalue weighted by Crippen LogP contribution is -2.29. The number of Topliss-reactive ketones (excluding diaryl/α,β-unsaturated/α-hetero) is 1. The second-order valence-electron chi connectivity index (χ2n) is 7.62. The Morgan fingerprint density at radius 3 is 2.71 bits per heavy atom. The van der Waals surface area contributed by atoms with Crippen LogP contribution in [0.2, 0.25) is 0 Å². The Labute approximate surface area is 177 Å². The molecular weight excluding hydrogens is 401 g/mol. The van der Waals surface area contributed by atoms with Crippen molar-refractivity contribution >= 4 is 23.1 Å². The number of hydrogen-bond donors (Lipinski definition) is 1. The van der Waals surface area contributed by atoms with Gasteiger partial charge in [0.2, 0.25) is 0 Å². The first kappa shape index (κ1) is 19.1. The van der Waals surface area contributed by atoms with Crippen molar-refractivity contribution in [1.29, 1.82) is 0 Å². The van der Waals surface area contributed by atoms with Crippen molar-refractivity contribution in [3.8, 4) is 5.75 Å². The van der Waals surface area contributed by atoms with E-state index in [4.69, 9.17) is 9.15 Å². The second kappa shape index (κ2) is 7.12. The number of ether oxygens (including phenoxy) is 1. The van der Waals surface area contributed by atoms with E-state index in [1.807, 2.05) is 6.92 Å². The van der Waals surface area contributed by atoms with E-state index < -0.39 is 23.5 Å². The van der Waals surface area contributed by atoms with Gasteiger partial charge in [0.05, 0.1) is 11.8 Å². The molecule has 0 saturated carbocycles. The zero-order valence-corrected chi connectivity index (χ0v) is 16.5. The molecule has 1 saturated heterocycles.